The van der Waals surface area contributed by atoms with Crippen LogP contribution in [0, 0.1) is 5.82 Å². The summed E-state index contributed by atoms with van der Waals surface area (Å²) in [7, 11) is -1.38. The first-order valence-electron chi connectivity index (χ1n) is 10.2. The summed E-state index contributed by atoms with van der Waals surface area (Å²) in [6.07, 6.45) is 0. The van der Waals surface area contributed by atoms with Crippen molar-refractivity contribution in [2.75, 3.05) is 69.2 Å². The zero-order valence-corrected chi connectivity index (χ0v) is 17.9. The zero-order chi connectivity index (χ0) is 21.1. The molecule has 8 nitrogen and oxygen atoms in total. The first kappa shape index (κ1) is 21.0. The second-order valence-corrected chi connectivity index (χ2v) is 9.78. The summed E-state index contributed by atoms with van der Waals surface area (Å²) in [6.45, 7) is 5.73. The molecule has 2 saturated heterocycles. The second-order valence-electron chi connectivity index (χ2n) is 7.81. The quantitative estimate of drug-likeness (QED) is 0.696. The summed E-state index contributed by atoms with van der Waals surface area (Å²) >= 11 is 0. The minimum atomic E-state index is -3.49. The van der Waals surface area contributed by atoms with Crippen LogP contribution in [0.15, 0.2) is 36.4 Å². The lowest BCUT2D eigenvalue weighted by Gasteiger charge is -2.35. The zero-order valence-electron chi connectivity index (χ0n) is 17.1. The number of likely N-dealkylation sites (N-methyl/N-ethyl adjacent to an activating group) is 1. The highest BCUT2D eigenvalue weighted by Crippen LogP contribution is 2.20. The summed E-state index contributed by atoms with van der Waals surface area (Å²) in [4.78, 5) is 6.57. The van der Waals surface area contributed by atoms with Crippen molar-refractivity contribution in [3.05, 3.63) is 47.8 Å². The highest BCUT2D eigenvalue weighted by Gasteiger charge is 2.28. The van der Waals surface area contributed by atoms with E-state index in [2.05, 4.69) is 31.9 Å². The number of benzene rings is 1. The van der Waals surface area contributed by atoms with E-state index in [1.165, 1.54) is 22.5 Å². The SMILES string of the molecule is CN1CCN(c2ccc(N3CCN(S(=O)(=O)Cc4cccc(F)c4)CC3)nn2)CC1. The maximum absolute atomic E-state index is 13.4. The van der Waals surface area contributed by atoms with E-state index in [1.807, 2.05) is 12.1 Å². The molecule has 1 aromatic carbocycles. The van der Waals surface area contributed by atoms with Crippen molar-refractivity contribution in [2.45, 2.75) is 5.75 Å². The molecule has 0 aliphatic carbocycles. The Labute approximate surface area is 176 Å². The molecule has 10 heteroatoms. The Morgan fingerprint density at radius 3 is 1.97 bits per heavy atom. The summed E-state index contributed by atoms with van der Waals surface area (Å²) in [6, 6.07) is 9.69. The average molecular weight is 435 g/mol. The molecule has 0 radical (unpaired) electrons. The molecule has 0 N–H and O–H groups in total. The molecule has 4 rings (SSSR count). The average Bonchev–Trinajstić information content (AvgIpc) is 2.74. The van der Waals surface area contributed by atoms with E-state index in [0.717, 1.165) is 37.8 Å². The van der Waals surface area contributed by atoms with E-state index in [9.17, 15) is 12.8 Å². The van der Waals surface area contributed by atoms with Gasteiger partial charge in [-0.3, -0.25) is 0 Å². The van der Waals surface area contributed by atoms with Gasteiger partial charge in [0.1, 0.15) is 5.82 Å². The van der Waals surface area contributed by atoms with E-state index in [4.69, 9.17) is 0 Å². The standard InChI is InChI=1S/C20H27FN6O2S/c1-24-7-9-25(10-8-24)19-5-6-20(23-22-19)26-11-13-27(14-12-26)30(28,29)16-17-3-2-4-18(21)15-17/h2-6,15H,7-14,16H2,1H3. The van der Waals surface area contributed by atoms with Gasteiger partial charge in [-0.25, -0.2) is 12.8 Å². The lowest BCUT2D eigenvalue weighted by atomic mass is 10.2. The third kappa shape index (κ3) is 4.88. The van der Waals surface area contributed by atoms with Crippen LogP contribution >= 0.6 is 0 Å². The van der Waals surface area contributed by atoms with Crippen LogP contribution in [-0.4, -0.2) is 87.2 Å². The summed E-state index contributed by atoms with van der Waals surface area (Å²) in [5, 5.41) is 8.76. The van der Waals surface area contributed by atoms with Gasteiger partial charge in [-0.1, -0.05) is 12.1 Å². The number of rotatable bonds is 5. The van der Waals surface area contributed by atoms with Crippen LogP contribution in [0.2, 0.25) is 0 Å². The van der Waals surface area contributed by atoms with Crippen LogP contribution in [0.25, 0.3) is 0 Å². The van der Waals surface area contributed by atoms with Gasteiger partial charge in [-0.05, 0) is 36.9 Å². The first-order valence-corrected chi connectivity index (χ1v) is 11.8. The summed E-state index contributed by atoms with van der Waals surface area (Å²) in [5.41, 5.74) is 0.461. The minimum absolute atomic E-state index is 0.190. The molecular formula is C20H27FN6O2S. The molecule has 3 heterocycles. The van der Waals surface area contributed by atoms with Crippen LogP contribution in [0.5, 0.6) is 0 Å². The Bertz CT molecular complexity index is 956. The van der Waals surface area contributed by atoms with Crippen molar-refractivity contribution < 1.29 is 12.8 Å². The van der Waals surface area contributed by atoms with Crippen LogP contribution in [0.4, 0.5) is 16.0 Å². The lowest BCUT2D eigenvalue weighted by molar-refractivity contribution is 0.312. The molecule has 2 aliphatic heterocycles. The fourth-order valence-electron chi connectivity index (χ4n) is 3.82. The van der Waals surface area contributed by atoms with Gasteiger partial charge in [-0.15, -0.1) is 10.2 Å². The van der Waals surface area contributed by atoms with E-state index < -0.39 is 15.8 Å². The van der Waals surface area contributed by atoms with Crippen molar-refractivity contribution >= 4 is 21.7 Å². The van der Waals surface area contributed by atoms with Crippen LogP contribution in [0.1, 0.15) is 5.56 Å². The Hall–Kier alpha value is -2.30. The molecule has 0 saturated carbocycles. The highest BCUT2D eigenvalue weighted by molar-refractivity contribution is 7.88. The molecule has 30 heavy (non-hydrogen) atoms. The summed E-state index contributed by atoms with van der Waals surface area (Å²) in [5.74, 6) is 1.02. The smallest absolute Gasteiger partial charge is 0.218 e. The number of piperazine rings is 2. The Kier molecular flexibility index (Phi) is 6.16. The van der Waals surface area contributed by atoms with E-state index in [-0.39, 0.29) is 5.75 Å². The van der Waals surface area contributed by atoms with E-state index in [0.29, 0.717) is 31.7 Å². The molecule has 0 atom stereocenters. The number of aromatic nitrogens is 2. The third-order valence-corrected chi connectivity index (χ3v) is 7.51. The number of sulfonamides is 1. The molecule has 0 amide bonds. The second kappa shape index (κ2) is 8.83. The van der Waals surface area contributed by atoms with Gasteiger partial charge in [0, 0.05) is 52.4 Å². The van der Waals surface area contributed by atoms with Crippen molar-refractivity contribution in [1.82, 2.24) is 19.4 Å². The molecule has 0 spiro atoms. The lowest BCUT2D eigenvalue weighted by Crippen LogP contribution is -2.49. The molecule has 2 aromatic rings. The first-order chi connectivity index (χ1) is 14.4. The number of halogens is 1. The van der Waals surface area contributed by atoms with Gasteiger partial charge < -0.3 is 14.7 Å². The number of nitrogens with zero attached hydrogens (tertiary/aromatic N) is 6. The predicted molar refractivity (Wildman–Crippen MR) is 115 cm³/mol. The van der Waals surface area contributed by atoms with Crippen molar-refractivity contribution in [1.29, 1.82) is 0 Å². The van der Waals surface area contributed by atoms with Crippen LogP contribution < -0.4 is 9.80 Å². The van der Waals surface area contributed by atoms with Gasteiger partial charge in [0.15, 0.2) is 11.6 Å². The van der Waals surface area contributed by atoms with Crippen molar-refractivity contribution in [2.24, 2.45) is 0 Å². The van der Waals surface area contributed by atoms with Gasteiger partial charge in [0.25, 0.3) is 0 Å². The maximum Gasteiger partial charge on any atom is 0.218 e. The molecule has 0 unspecified atom stereocenters. The van der Waals surface area contributed by atoms with Gasteiger partial charge >= 0.3 is 0 Å². The number of anilines is 2. The fraction of sp³-hybridized carbons (Fsp3) is 0.500. The van der Waals surface area contributed by atoms with Gasteiger partial charge in [0.2, 0.25) is 10.0 Å². The normalized spacial score (nSPS) is 19.3. The Balaban J connectivity index is 1.34. The Morgan fingerprint density at radius 1 is 0.867 bits per heavy atom. The highest BCUT2D eigenvalue weighted by atomic mass is 32.2. The molecule has 1 aromatic heterocycles. The molecular weight excluding hydrogens is 407 g/mol. The largest absolute Gasteiger partial charge is 0.353 e. The Morgan fingerprint density at radius 2 is 1.43 bits per heavy atom. The number of hydrogen-bond acceptors (Lipinski definition) is 7. The topological polar surface area (TPSA) is 72.9 Å². The van der Waals surface area contributed by atoms with Gasteiger partial charge in [0.05, 0.1) is 5.75 Å². The fourth-order valence-corrected chi connectivity index (χ4v) is 5.32. The monoisotopic (exact) mass is 434 g/mol. The molecule has 2 fully saturated rings. The third-order valence-electron chi connectivity index (χ3n) is 5.66. The summed E-state index contributed by atoms with van der Waals surface area (Å²) < 4.78 is 40.2. The predicted octanol–water partition coefficient (Wildman–Crippen LogP) is 1.02. The maximum atomic E-state index is 13.4. The van der Waals surface area contributed by atoms with Crippen molar-refractivity contribution in [3.8, 4) is 0 Å². The molecule has 0 bridgehead atoms. The molecule has 2 aliphatic rings. The van der Waals surface area contributed by atoms with E-state index in [1.54, 1.807) is 6.07 Å². The minimum Gasteiger partial charge on any atom is -0.353 e. The van der Waals surface area contributed by atoms with Gasteiger partial charge in [-0.2, -0.15) is 4.31 Å². The number of hydrogen-bond donors (Lipinski definition) is 0. The van der Waals surface area contributed by atoms with Crippen LogP contribution in [-0.2, 0) is 15.8 Å². The molecule has 162 valence electrons. The van der Waals surface area contributed by atoms with E-state index >= 15 is 0 Å². The van der Waals surface area contributed by atoms with Crippen LogP contribution in [0.3, 0.4) is 0 Å². The van der Waals surface area contributed by atoms with Crippen molar-refractivity contribution in [3.63, 3.8) is 0 Å².